The Morgan fingerprint density at radius 3 is 2.74 bits per heavy atom. The second-order valence-electron chi connectivity index (χ2n) is 4.22. The minimum atomic E-state index is -1.04. The van der Waals surface area contributed by atoms with Gasteiger partial charge in [0, 0.05) is 0 Å². The normalized spacial score (nSPS) is 10.2. The number of carboxylic acid groups (broad SMARTS) is 1. The highest BCUT2D eigenvalue weighted by Crippen LogP contribution is 2.19. The number of carbonyl (C=O) groups is 1. The molecule has 2 rings (SSSR count). The van der Waals surface area contributed by atoms with Gasteiger partial charge < -0.3 is 9.84 Å². The fourth-order valence-electron chi connectivity index (χ4n) is 1.70. The van der Waals surface area contributed by atoms with Crippen LogP contribution in [0.4, 0.5) is 0 Å². The van der Waals surface area contributed by atoms with Crippen molar-refractivity contribution < 1.29 is 14.6 Å². The molecule has 0 aliphatic carbocycles. The second kappa shape index (κ2) is 5.76. The second-order valence-corrected chi connectivity index (χ2v) is 4.63. The van der Waals surface area contributed by atoms with Gasteiger partial charge in [-0.3, -0.25) is 0 Å². The molecule has 0 spiro atoms. The van der Waals surface area contributed by atoms with Gasteiger partial charge in [-0.2, -0.15) is 0 Å². The molecule has 0 aromatic heterocycles. The summed E-state index contributed by atoms with van der Waals surface area (Å²) >= 11 is 5.81. The van der Waals surface area contributed by atoms with Crippen LogP contribution in [0.1, 0.15) is 21.5 Å². The highest BCUT2D eigenvalue weighted by Gasteiger charge is 2.09. The zero-order valence-electron chi connectivity index (χ0n) is 10.4. The third kappa shape index (κ3) is 3.48. The summed E-state index contributed by atoms with van der Waals surface area (Å²) in [6, 6.07) is 12.5. The van der Waals surface area contributed by atoms with Gasteiger partial charge in [0.25, 0.3) is 0 Å². The van der Waals surface area contributed by atoms with Gasteiger partial charge >= 0.3 is 5.97 Å². The molecule has 0 radical (unpaired) electrons. The van der Waals surface area contributed by atoms with Gasteiger partial charge in [0.05, 0.1) is 10.6 Å². The van der Waals surface area contributed by atoms with Crippen molar-refractivity contribution in [2.75, 3.05) is 0 Å². The van der Waals surface area contributed by atoms with Gasteiger partial charge in [-0.15, -0.1) is 0 Å². The molecule has 0 saturated carbocycles. The minimum absolute atomic E-state index is 0.0898. The molecule has 2 aromatic carbocycles. The van der Waals surface area contributed by atoms with Crippen molar-refractivity contribution in [3.8, 4) is 5.75 Å². The van der Waals surface area contributed by atoms with E-state index in [-0.39, 0.29) is 10.6 Å². The average Bonchev–Trinajstić information content (AvgIpc) is 2.37. The van der Waals surface area contributed by atoms with E-state index in [9.17, 15) is 4.79 Å². The lowest BCUT2D eigenvalue weighted by molar-refractivity contribution is 0.0697. The first kappa shape index (κ1) is 13.4. The average molecular weight is 277 g/mol. The van der Waals surface area contributed by atoms with E-state index < -0.39 is 5.97 Å². The topological polar surface area (TPSA) is 46.5 Å². The van der Waals surface area contributed by atoms with Crippen LogP contribution in [0.2, 0.25) is 5.02 Å². The summed E-state index contributed by atoms with van der Waals surface area (Å²) in [5.41, 5.74) is 1.97. The van der Waals surface area contributed by atoms with E-state index in [2.05, 4.69) is 0 Å². The van der Waals surface area contributed by atoms with Crippen LogP contribution in [0.5, 0.6) is 5.75 Å². The van der Waals surface area contributed by atoms with Crippen molar-refractivity contribution in [3.63, 3.8) is 0 Å². The predicted octanol–water partition coefficient (Wildman–Crippen LogP) is 3.93. The fourth-order valence-corrected chi connectivity index (χ4v) is 1.90. The number of aromatic carboxylic acids is 1. The molecule has 0 aliphatic heterocycles. The molecule has 98 valence electrons. The Balaban J connectivity index is 2.12. The summed E-state index contributed by atoms with van der Waals surface area (Å²) < 4.78 is 5.61. The number of hydrogen-bond acceptors (Lipinski definition) is 2. The fraction of sp³-hybridized carbons (Fsp3) is 0.133. The quantitative estimate of drug-likeness (QED) is 0.920. The van der Waals surface area contributed by atoms with Crippen LogP contribution in [0.15, 0.2) is 42.5 Å². The summed E-state index contributed by atoms with van der Waals surface area (Å²) in [5.74, 6) is -0.283. The molecule has 0 bridgehead atoms. The maximum Gasteiger partial charge on any atom is 0.337 e. The Morgan fingerprint density at radius 1 is 1.26 bits per heavy atom. The summed E-state index contributed by atoms with van der Waals surface area (Å²) in [5, 5.41) is 9.22. The highest BCUT2D eigenvalue weighted by molar-refractivity contribution is 6.33. The minimum Gasteiger partial charge on any atom is -0.489 e. The Bertz CT molecular complexity index is 608. The van der Waals surface area contributed by atoms with E-state index in [1.807, 2.05) is 31.2 Å². The molecular formula is C15H13ClO3. The third-order valence-electron chi connectivity index (χ3n) is 2.66. The molecule has 0 unspecified atom stereocenters. The summed E-state index contributed by atoms with van der Waals surface area (Å²) in [4.78, 5) is 11.0. The van der Waals surface area contributed by atoms with Crippen LogP contribution in [0, 0.1) is 6.92 Å². The van der Waals surface area contributed by atoms with E-state index in [1.165, 1.54) is 6.07 Å². The van der Waals surface area contributed by atoms with E-state index >= 15 is 0 Å². The monoisotopic (exact) mass is 276 g/mol. The van der Waals surface area contributed by atoms with Crippen LogP contribution < -0.4 is 4.74 Å². The SMILES string of the molecule is Cc1cccc(OCc2ccc(Cl)c(C(=O)O)c2)c1. The molecular weight excluding hydrogens is 264 g/mol. The van der Waals surface area contributed by atoms with Crippen molar-refractivity contribution in [2.45, 2.75) is 13.5 Å². The highest BCUT2D eigenvalue weighted by atomic mass is 35.5. The Hall–Kier alpha value is -2.00. The van der Waals surface area contributed by atoms with E-state index in [0.29, 0.717) is 6.61 Å². The molecule has 0 atom stereocenters. The summed E-state index contributed by atoms with van der Waals surface area (Å²) in [6.07, 6.45) is 0. The molecule has 4 heteroatoms. The molecule has 3 nitrogen and oxygen atoms in total. The van der Waals surface area contributed by atoms with Crippen LogP contribution in [-0.2, 0) is 6.61 Å². The molecule has 0 fully saturated rings. The molecule has 19 heavy (non-hydrogen) atoms. The van der Waals surface area contributed by atoms with Gasteiger partial charge in [-0.1, -0.05) is 29.8 Å². The van der Waals surface area contributed by atoms with Gasteiger partial charge in [-0.25, -0.2) is 4.79 Å². The number of ether oxygens (including phenoxy) is 1. The van der Waals surface area contributed by atoms with Gasteiger partial charge in [0.15, 0.2) is 0 Å². The zero-order chi connectivity index (χ0) is 13.8. The first-order chi connectivity index (χ1) is 9.06. The Labute approximate surface area is 116 Å². The van der Waals surface area contributed by atoms with Crippen LogP contribution in [0.25, 0.3) is 0 Å². The van der Waals surface area contributed by atoms with E-state index in [0.717, 1.165) is 16.9 Å². The van der Waals surface area contributed by atoms with Crippen molar-refractivity contribution in [1.82, 2.24) is 0 Å². The first-order valence-corrected chi connectivity index (χ1v) is 6.15. The molecule has 2 aromatic rings. The molecule has 1 N–H and O–H groups in total. The number of halogens is 1. The molecule has 0 aliphatic rings. The van der Waals surface area contributed by atoms with Crippen molar-refractivity contribution >= 4 is 17.6 Å². The smallest absolute Gasteiger partial charge is 0.337 e. The lowest BCUT2D eigenvalue weighted by atomic mass is 10.1. The summed E-state index contributed by atoms with van der Waals surface area (Å²) in [6.45, 7) is 2.29. The van der Waals surface area contributed by atoms with Crippen LogP contribution in [0.3, 0.4) is 0 Å². The van der Waals surface area contributed by atoms with Crippen molar-refractivity contribution in [3.05, 3.63) is 64.2 Å². The van der Waals surface area contributed by atoms with Gasteiger partial charge in [0.2, 0.25) is 0 Å². The number of hydrogen-bond donors (Lipinski definition) is 1. The number of rotatable bonds is 4. The molecule has 0 amide bonds. The third-order valence-corrected chi connectivity index (χ3v) is 2.99. The lowest BCUT2D eigenvalue weighted by Crippen LogP contribution is -2.01. The van der Waals surface area contributed by atoms with Gasteiger partial charge in [0.1, 0.15) is 12.4 Å². The van der Waals surface area contributed by atoms with Crippen molar-refractivity contribution in [1.29, 1.82) is 0 Å². The summed E-state index contributed by atoms with van der Waals surface area (Å²) in [7, 11) is 0. The standard InChI is InChI=1S/C15H13ClO3/c1-10-3-2-4-12(7-10)19-9-11-5-6-14(16)13(8-11)15(17)18/h2-8H,9H2,1H3,(H,17,18). The Kier molecular flexibility index (Phi) is 4.07. The number of carboxylic acids is 1. The predicted molar refractivity (Wildman–Crippen MR) is 73.9 cm³/mol. The first-order valence-electron chi connectivity index (χ1n) is 5.77. The van der Waals surface area contributed by atoms with E-state index in [1.54, 1.807) is 12.1 Å². The maximum absolute atomic E-state index is 11.0. The molecule has 0 saturated heterocycles. The lowest BCUT2D eigenvalue weighted by Gasteiger charge is -2.08. The zero-order valence-corrected chi connectivity index (χ0v) is 11.1. The van der Waals surface area contributed by atoms with Crippen molar-refractivity contribution in [2.24, 2.45) is 0 Å². The van der Waals surface area contributed by atoms with Crippen LogP contribution >= 0.6 is 11.6 Å². The van der Waals surface area contributed by atoms with E-state index in [4.69, 9.17) is 21.4 Å². The Morgan fingerprint density at radius 2 is 2.05 bits per heavy atom. The maximum atomic E-state index is 11.0. The number of benzene rings is 2. The van der Waals surface area contributed by atoms with Crippen LogP contribution in [-0.4, -0.2) is 11.1 Å². The largest absolute Gasteiger partial charge is 0.489 e. The molecule has 0 heterocycles. The van der Waals surface area contributed by atoms with Gasteiger partial charge in [-0.05, 0) is 42.3 Å². The number of aryl methyl sites for hydroxylation is 1.